The highest BCUT2D eigenvalue weighted by atomic mass is 16.2. The van der Waals surface area contributed by atoms with Gasteiger partial charge in [-0.3, -0.25) is 9.48 Å². The lowest BCUT2D eigenvalue weighted by Gasteiger charge is -2.28. The Morgan fingerprint density at radius 3 is 2.72 bits per heavy atom. The Bertz CT molecular complexity index is 862. The number of nitrogens with one attached hydrogen (secondary N) is 1. The van der Waals surface area contributed by atoms with Gasteiger partial charge >= 0.3 is 0 Å². The van der Waals surface area contributed by atoms with Gasteiger partial charge < -0.3 is 10.2 Å². The molecular weight excluding hydrogens is 360 g/mol. The number of hydrogen-bond acceptors (Lipinski definition) is 3. The fourth-order valence-corrected chi connectivity index (χ4v) is 4.52. The zero-order valence-corrected chi connectivity index (χ0v) is 17.5. The molecule has 0 radical (unpaired) electrons. The molecule has 0 bridgehead atoms. The molecule has 154 valence electrons. The van der Waals surface area contributed by atoms with Gasteiger partial charge in [-0.05, 0) is 51.0 Å². The molecule has 1 N–H and O–H groups in total. The summed E-state index contributed by atoms with van der Waals surface area (Å²) in [7, 11) is 0. The van der Waals surface area contributed by atoms with Crippen molar-refractivity contribution >= 4 is 5.91 Å². The molecule has 5 nitrogen and oxygen atoms in total. The Hall–Kier alpha value is -2.40. The van der Waals surface area contributed by atoms with Gasteiger partial charge in [-0.2, -0.15) is 5.10 Å². The first-order chi connectivity index (χ1) is 14.2. The molecule has 0 saturated carbocycles. The average molecular weight is 393 g/mol. The van der Waals surface area contributed by atoms with E-state index < -0.39 is 0 Å². The Morgan fingerprint density at radius 2 is 2.00 bits per heavy atom. The fraction of sp³-hybridized carbons (Fsp3) is 0.500. The quantitative estimate of drug-likeness (QED) is 0.764. The first-order valence-electron chi connectivity index (χ1n) is 10.9. The van der Waals surface area contributed by atoms with Crippen LogP contribution in [0.5, 0.6) is 0 Å². The van der Waals surface area contributed by atoms with Crippen LogP contribution >= 0.6 is 0 Å². The van der Waals surface area contributed by atoms with E-state index in [1.54, 1.807) is 0 Å². The second-order valence-electron chi connectivity index (χ2n) is 8.40. The maximum atomic E-state index is 13.2. The molecule has 2 aromatic rings. The van der Waals surface area contributed by atoms with E-state index in [0.29, 0.717) is 18.3 Å². The molecular formula is C24H32N4O. The maximum absolute atomic E-state index is 13.2. The van der Waals surface area contributed by atoms with Gasteiger partial charge in [0.2, 0.25) is 0 Å². The Balaban J connectivity index is 1.51. The minimum atomic E-state index is 0.114. The highest BCUT2D eigenvalue weighted by molar-refractivity contribution is 5.94. The SMILES string of the molecule is C=CCn1nc(C(=O)N2CCCCC2)c2c1CC[C@H](NCc1ccc(C)cc1)C2. The molecule has 1 atom stereocenters. The average Bonchev–Trinajstić information content (AvgIpc) is 3.11. The van der Waals surface area contributed by atoms with E-state index in [9.17, 15) is 4.79 Å². The van der Waals surface area contributed by atoms with E-state index in [-0.39, 0.29) is 5.91 Å². The summed E-state index contributed by atoms with van der Waals surface area (Å²) in [6, 6.07) is 9.06. The third-order valence-corrected chi connectivity index (χ3v) is 6.21. The lowest BCUT2D eigenvalue weighted by molar-refractivity contribution is 0.0716. The van der Waals surface area contributed by atoms with Crippen LogP contribution in [0.15, 0.2) is 36.9 Å². The highest BCUT2D eigenvalue weighted by Gasteiger charge is 2.31. The molecule has 1 fully saturated rings. The fourth-order valence-electron chi connectivity index (χ4n) is 4.52. The number of likely N-dealkylation sites (tertiary alicyclic amines) is 1. The standard InChI is InChI=1S/C24H32N4O/c1-3-13-28-22-12-11-20(25-17-19-9-7-18(2)8-10-19)16-21(22)23(26-28)24(29)27-14-5-4-6-15-27/h3,7-10,20,25H,1,4-6,11-17H2,2H3/t20-/m0/s1. The number of benzene rings is 1. The van der Waals surface area contributed by atoms with Crippen LogP contribution in [-0.4, -0.2) is 39.7 Å². The first kappa shape index (κ1) is 19.9. The molecule has 0 spiro atoms. The lowest BCUT2D eigenvalue weighted by atomic mass is 9.90. The normalized spacial score (nSPS) is 19.1. The van der Waals surface area contributed by atoms with Crippen molar-refractivity contribution in [1.29, 1.82) is 0 Å². The topological polar surface area (TPSA) is 50.2 Å². The number of nitrogens with zero attached hydrogens (tertiary/aromatic N) is 3. The van der Waals surface area contributed by atoms with Crippen molar-refractivity contribution in [3.05, 3.63) is 65.0 Å². The number of hydrogen-bond donors (Lipinski definition) is 1. The summed E-state index contributed by atoms with van der Waals surface area (Å²) < 4.78 is 2.00. The van der Waals surface area contributed by atoms with Gasteiger partial charge in [0.05, 0.1) is 6.54 Å². The van der Waals surface area contributed by atoms with Gasteiger partial charge in [0, 0.05) is 36.9 Å². The van der Waals surface area contributed by atoms with Crippen molar-refractivity contribution in [3.8, 4) is 0 Å². The first-order valence-corrected chi connectivity index (χ1v) is 10.9. The minimum absolute atomic E-state index is 0.114. The predicted molar refractivity (Wildman–Crippen MR) is 116 cm³/mol. The van der Waals surface area contributed by atoms with Gasteiger partial charge in [0.1, 0.15) is 0 Å². The highest BCUT2D eigenvalue weighted by Crippen LogP contribution is 2.27. The lowest BCUT2D eigenvalue weighted by Crippen LogP contribution is -2.38. The maximum Gasteiger partial charge on any atom is 0.274 e. The number of carbonyl (C=O) groups is 1. The van der Waals surface area contributed by atoms with E-state index >= 15 is 0 Å². The second kappa shape index (κ2) is 8.95. The third kappa shape index (κ3) is 4.45. The van der Waals surface area contributed by atoms with Gasteiger partial charge in [-0.1, -0.05) is 35.9 Å². The summed E-state index contributed by atoms with van der Waals surface area (Å²) in [6.07, 6.45) is 8.17. The Labute approximate surface area is 173 Å². The van der Waals surface area contributed by atoms with E-state index in [1.165, 1.54) is 23.2 Å². The Kier molecular flexibility index (Phi) is 6.14. The van der Waals surface area contributed by atoms with Crippen molar-refractivity contribution in [2.75, 3.05) is 13.1 Å². The van der Waals surface area contributed by atoms with Gasteiger partial charge in [-0.25, -0.2) is 0 Å². The smallest absolute Gasteiger partial charge is 0.274 e. The van der Waals surface area contributed by atoms with E-state index in [0.717, 1.165) is 57.3 Å². The zero-order chi connectivity index (χ0) is 20.2. The van der Waals surface area contributed by atoms with Gasteiger partial charge in [0.25, 0.3) is 5.91 Å². The monoisotopic (exact) mass is 392 g/mol. The molecule has 1 amide bonds. The summed E-state index contributed by atoms with van der Waals surface area (Å²) in [5, 5.41) is 8.45. The summed E-state index contributed by atoms with van der Waals surface area (Å²) in [5.41, 5.74) is 5.62. The molecule has 0 unspecified atom stereocenters. The van der Waals surface area contributed by atoms with Crippen molar-refractivity contribution in [3.63, 3.8) is 0 Å². The van der Waals surface area contributed by atoms with Crippen LogP contribution in [0.2, 0.25) is 0 Å². The largest absolute Gasteiger partial charge is 0.337 e. The van der Waals surface area contributed by atoms with Crippen LogP contribution in [0.1, 0.15) is 58.6 Å². The van der Waals surface area contributed by atoms with Gasteiger partial charge in [0.15, 0.2) is 5.69 Å². The van der Waals surface area contributed by atoms with Crippen molar-refractivity contribution in [2.24, 2.45) is 0 Å². The molecule has 29 heavy (non-hydrogen) atoms. The van der Waals surface area contributed by atoms with E-state index in [1.807, 2.05) is 15.7 Å². The van der Waals surface area contributed by atoms with E-state index in [4.69, 9.17) is 5.10 Å². The number of rotatable bonds is 6. The molecule has 2 aliphatic rings. The molecule has 1 aromatic heterocycles. The molecule has 2 heterocycles. The summed E-state index contributed by atoms with van der Waals surface area (Å²) >= 11 is 0. The second-order valence-corrected chi connectivity index (χ2v) is 8.40. The summed E-state index contributed by atoms with van der Waals surface area (Å²) in [4.78, 5) is 15.2. The van der Waals surface area contributed by atoms with Crippen molar-refractivity contribution in [2.45, 2.75) is 64.6 Å². The Morgan fingerprint density at radius 1 is 1.24 bits per heavy atom. The number of carbonyl (C=O) groups excluding carboxylic acids is 1. The summed E-state index contributed by atoms with van der Waals surface area (Å²) in [6.45, 7) is 9.21. The van der Waals surface area contributed by atoms with Crippen LogP contribution in [0.4, 0.5) is 0 Å². The van der Waals surface area contributed by atoms with Crippen molar-refractivity contribution in [1.82, 2.24) is 20.0 Å². The number of amides is 1. The molecule has 1 aromatic carbocycles. The van der Waals surface area contributed by atoms with Crippen LogP contribution in [0.3, 0.4) is 0 Å². The van der Waals surface area contributed by atoms with Gasteiger partial charge in [-0.15, -0.1) is 6.58 Å². The molecule has 1 saturated heterocycles. The third-order valence-electron chi connectivity index (χ3n) is 6.21. The minimum Gasteiger partial charge on any atom is -0.337 e. The number of aromatic nitrogens is 2. The predicted octanol–water partition coefficient (Wildman–Crippen LogP) is 3.65. The zero-order valence-electron chi connectivity index (χ0n) is 17.5. The molecule has 4 rings (SSSR count). The number of aryl methyl sites for hydroxylation is 1. The van der Waals surface area contributed by atoms with Crippen LogP contribution in [0, 0.1) is 6.92 Å². The molecule has 1 aliphatic carbocycles. The number of piperidine rings is 1. The number of fused-ring (bicyclic) bond motifs is 1. The van der Waals surface area contributed by atoms with Crippen LogP contribution < -0.4 is 5.32 Å². The van der Waals surface area contributed by atoms with E-state index in [2.05, 4.69) is 43.1 Å². The van der Waals surface area contributed by atoms with Crippen LogP contribution in [0.25, 0.3) is 0 Å². The van der Waals surface area contributed by atoms with Crippen LogP contribution in [-0.2, 0) is 25.9 Å². The van der Waals surface area contributed by atoms with Crippen molar-refractivity contribution < 1.29 is 4.79 Å². The molecule has 1 aliphatic heterocycles. The summed E-state index contributed by atoms with van der Waals surface area (Å²) in [5.74, 6) is 0.114. The number of allylic oxidation sites excluding steroid dienone is 1. The molecule has 5 heteroatoms.